The number of para-hydroxylation sites is 1. The Morgan fingerprint density at radius 1 is 1.26 bits per heavy atom. The number of carbonyl (C=O) groups is 1. The van der Waals surface area contributed by atoms with E-state index in [0.29, 0.717) is 19.7 Å². The minimum absolute atomic E-state index is 0.334. The Morgan fingerprint density at radius 3 is 2.93 bits per heavy atom. The molecule has 0 spiro atoms. The Balaban J connectivity index is 1.71. The van der Waals surface area contributed by atoms with Crippen molar-refractivity contribution in [2.45, 2.75) is 32.9 Å². The van der Waals surface area contributed by atoms with Crippen LogP contribution < -0.4 is 4.74 Å². The van der Waals surface area contributed by atoms with E-state index in [0.717, 1.165) is 33.6 Å². The molecule has 1 aromatic carbocycles. The maximum Gasteiger partial charge on any atom is 0.410 e. The number of carbonyl (C=O) groups excluding carboxylic acids is 1. The van der Waals surface area contributed by atoms with Crippen molar-refractivity contribution in [3.8, 4) is 17.0 Å². The fraction of sp³-hybridized carbons (Fsp3) is 0.350. The normalized spacial score (nSPS) is 14.4. The van der Waals surface area contributed by atoms with Gasteiger partial charge in [0.2, 0.25) is 0 Å². The molecule has 1 N–H and O–H groups in total. The summed E-state index contributed by atoms with van der Waals surface area (Å²) in [5.41, 5.74) is 2.88. The van der Waals surface area contributed by atoms with Crippen LogP contribution in [0.1, 0.15) is 26.3 Å². The third kappa shape index (κ3) is 3.45. The predicted molar refractivity (Wildman–Crippen MR) is 101 cm³/mol. The highest BCUT2D eigenvalue weighted by atomic mass is 16.6. The number of hydrogen-bond donors (Lipinski definition) is 1. The lowest BCUT2D eigenvalue weighted by molar-refractivity contribution is 0.0225. The number of aromatic amines is 1. The van der Waals surface area contributed by atoms with Crippen molar-refractivity contribution in [1.29, 1.82) is 0 Å². The van der Waals surface area contributed by atoms with Gasteiger partial charge < -0.3 is 19.4 Å². The maximum atomic E-state index is 12.5. The molecular formula is C20H22N4O3. The summed E-state index contributed by atoms with van der Waals surface area (Å²) < 4.78 is 11.6. The molecule has 0 atom stereocenters. The number of ether oxygens (including phenoxy) is 2. The molecule has 3 aromatic rings. The minimum atomic E-state index is -0.532. The van der Waals surface area contributed by atoms with Gasteiger partial charge in [0.1, 0.15) is 29.9 Å². The molecule has 4 rings (SSSR count). The second-order valence-electron chi connectivity index (χ2n) is 7.51. The number of benzene rings is 1. The van der Waals surface area contributed by atoms with Gasteiger partial charge in [0.25, 0.3) is 0 Å². The molecule has 0 unspecified atom stereocenters. The number of H-pyrrole nitrogens is 1. The Labute approximate surface area is 157 Å². The van der Waals surface area contributed by atoms with Gasteiger partial charge in [-0.05, 0) is 32.9 Å². The summed E-state index contributed by atoms with van der Waals surface area (Å²) in [4.78, 5) is 26.0. The number of aromatic nitrogens is 3. The van der Waals surface area contributed by atoms with E-state index in [1.54, 1.807) is 4.90 Å². The molecule has 0 bridgehead atoms. The number of rotatable bonds is 1. The largest absolute Gasteiger partial charge is 0.491 e. The topological polar surface area (TPSA) is 80.3 Å². The molecule has 0 aliphatic carbocycles. The molecule has 7 nitrogen and oxygen atoms in total. The lowest BCUT2D eigenvalue weighted by Crippen LogP contribution is -2.37. The maximum absolute atomic E-state index is 12.5. The summed E-state index contributed by atoms with van der Waals surface area (Å²) in [5.74, 6) is 0.754. The third-order valence-corrected chi connectivity index (χ3v) is 4.33. The van der Waals surface area contributed by atoms with E-state index in [9.17, 15) is 4.79 Å². The molecule has 2 aromatic heterocycles. The number of nitrogens with one attached hydrogen (secondary N) is 1. The molecule has 0 radical (unpaired) electrons. The molecule has 1 amide bonds. The quantitative estimate of drug-likeness (QED) is 0.709. The summed E-state index contributed by atoms with van der Waals surface area (Å²) in [5, 5.41) is 0.933. The van der Waals surface area contributed by atoms with Gasteiger partial charge in [-0.2, -0.15) is 0 Å². The SMILES string of the molecule is CC(C)(C)OC(=O)N1CCOc2c(cccc2-c2ncnc3[nH]ccc23)C1. The Kier molecular flexibility index (Phi) is 4.22. The van der Waals surface area contributed by atoms with Crippen LogP contribution in [0.4, 0.5) is 4.79 Å². The van der Waals surface area contributed by atoms with Gasteiger partial charge in [0, 0.05) is 22.7 Å². The molecule has 1 aliphatic heterocycles. The van der Waals surface area contributed by atoms with Crippen molar-refractivity contribution in [1.82, 2.24) is 19.9 Å². The second-order valence-corrected chi connectivity index (χ2v) is 7.51. The lowest BCUT2D eigenvalue weighted by atomic mass is 10.0. The first-order valence-electron chi connectivity index (χ1n) is 8.93. The molecule has 27 heavy (non-hydrogen) atoms. The fourth-order valence-corrected chi connectivity index (χ4v) is 3.18. The molecule has 3 heterocycles. The summed E-state index contributed by atoms with van der Waals surface area (Å²) in [6, 6.07) is 7.86. The van der Waals surface area contributed by atoms with Crippen LogP contribution in [-0.4, -0.2) is 44.7 Å². The predicted octanol–water partition coefficient (Wildman–Crippen LogP) is 3.75. The molecule has 0 saturated carbocycles. The first-order valence-corrected chi connectivity index (χ1v) is 8.93. The van der Waals surface area contributed by atoms with E-state index < -0.39 is 5.60 Å². The van der Waals surface area contributed by atoms with Crippen molar-refractivity contribution in [3.05, 3.63) is 42.4 Å². The minimum Gasteiger partial charge on any atom is -0.491 e. The Hall–Kier alpha value is -3.09. The zero-order valence-electron chi connectivity index (χ0n) is 15.7. The van der Waals surface area contributed by atoms with Gasteiger partial charge in [0.15, 0.2) is 0 Å². The van der Waals surface area contributed by atoms with Crippen molar-refractivity contribution >= 4 is 17.1 Å². The average Bonchev–Trinajstić information content (AvgIpc) is 2.98. The summed E-state index contributed by atoms with van der Waals surface area (Å²) in [6.07, 6.45) is 3.05. The number of amides is 1. The van der Waals surface area contributed by atoms with E-state index in [1.807, 2.05) is 51.2 Å². The Morgan fingerprint density at radius 2 is 2.11 bits per heavy atom. The van der Waals surface area contributed by atoms with E-state index >= 15 is 0 Å². The second kappa shape index (κ2) is 6.57. The van der Waals surface area contributed by atoms with E-state index in [2.05, 4.69) is 15.0 Å². The van der Waals surface area contributed by atoms with E-state index in [4.69, 9.17) is 9.47 Å². The van der Waals surface area contributed by atoms with Gasteiger partial charge in [-0.25, -0.2) is 14.8 Å². The highest BCUT2D eigenvalue weighted by molar-refractivity contribution is 5.92. The molecular weight excluding hydrogens is 344 g/mol. The van der Waals surface area contributed by atoms with Crippen LogP contribution in [-0.2, 0) is 11.3 Å². The van der Waals surface area contributed by atoms with Gasteiger partial charge in [-0.3, -0.25) is 0 Å². The smallest absolute Gasteiger partial charge is 0.410 e. The fourth-order valence-electron chi connectivity index (χ4n) is 3.18. The van der Waals surface area contributed by atoms with Crippen molar-refractivity contribution in [2.24, 2.45) is 0 Å². The Bertz CT molecular complexity index is 990. The molecule has 0 saturated heterocycles. The zero-order valence-corrected chi connectivity index (χ0v) is 15.7. The zero-order chi connectivity index (χ0) is 19.0. The van der Waals surface area contributed by atoms with Gasteiger partial charge in [0.05, 0.1) is 18.8 Å². The van der Waals surface area contributed by atoms with Gasteiger partial charge in [-0.15, -0.1) is 0 Å². The first kappa shape index (κ1) is 17.3. The van der Waals surface area contributed by atoms with Crippen LogP contribution in [0.2, 0.25) is 0 Å². The van der Waals surface area contributed by atoms with Crippen LogP contribution in [0.25, 0.3) is 22.3 Å². The van der Waals surface area contributed by atoms with E-state index in [-0.39, 0.29) is 6.09 Å². The van der Waals surface area contributed by atoms with E-state index in [1.165, 1.54) is 6.33 Å². The first-order chi connectivity index (χ1) is 12.9. The monoisotopic (exact) mass is 366 g/mol. The van der Waals surface area contributed by atoms with Crippen LogP contribution >= 0.6 is 0 Å². The molecule has 0 fully saturated rings. The highest BCUT2D eigenvalue weighted by Crippen LogP contribution is 2.37. The summed E-state index contributed by atoms with van der Waals surface area (Å²) in [7, 11) is 0. The molecule has 7 heteroatoms. The van der Waals surface area contributed by atoms with Crippen LogP contribution in [0.3, 0.4) is 0 Å². The number of fused-ring (bicyclic) bond motifs is 2. The highest BCUT2D eigenvalue weighted by Gasteiger charge is 2.26. The van der Waals surface area contributed by atoms with Crippen LogP contribution in [0.5, 0.6) is 5.75 Å². The third-order valence-electron chi connectivity index (χ3n) is 4.33. The molecule has 140 valence electrons. The van der Waals surface area contributed by atoms with Crippen LogP contribution in [0, 0.1) is 0 Å². The molecule has 1 aliphatic rings. The van der Waals surface area contributed by atoms with Gasteiger partial charge in [-0.1, -0.05) is 12.1 Å². The average molecular weight is 366 g/mol. The van der Waals surface area contributed by atoms with Crippen molar-refractivity contribution < 1.29 is 14.3 Å². The standard InChI is InChI=1S/C20H22N4O3/c1-20(2,3)27-19(25)24-9-10-26-17-13(11-24)5-4-6-14(17)16-15-7-8-21-18(15)23-12-22-16/h4-8,12H,9-11H2,1-3H3,(H,21,22,23). The van der Waals surface area contributed by atoms with Gasteiger partial charge >= 0.3 is 6.09 Å². The number of hydrogen-bond acceptors (Lipinski definition) is 5. The summed E-state index contributed by atoms with van der Waals surface area (Å²) >= 11 is 0. The lowest BCUT2D eigenvalue weighted by Gasteiger charge is -2.26. The summed E-state index contributed by atoms with van der Waals surface area (Å²) in [6.45, 7) is 6.88. The number of nitrogens with zero attached hydrogens (tertiary/aromatic N) is 3. The van der Waals surface area contributed by atoms with Crippen molar-refractivity contribution in [3.63, 3.8) is 0 Å². The van der Waals surface area contributed by atoms with Crippen LogP contribution in [0.15, 0.2) is 36.8 Å². The van der Waals surface area contributed by atoms with Crippen molar-refractivity contribution in [2.75, 3.05) is 13.2 Å².